The van der Waals surface area contributed by atoms with Crippen molar-refractivity contribution in [3.05, 3.63) is 70.4 Å². The van der Waals surface area contributed by atoms with Crippen LogP contribution in [-0.4, -0.2) is 36.0 Å². The minimum absolute atomic E-state index is 0.0584. The molecule has 0 fully saturated rings. The molecule has 0 saturated carbocycles. The third kappa shape index (κ3) is 3.25. The topological polar surface area (TPSA) is 37.3 Å². The number of aryl methyl sites for hydroxylation is 1. The van der Waals surface area contributed by atoms with Crippen LogP contribution in [0.5, 0.6) is 0 Å². The maximum Gasteiger partial charge on any atom is 0.251 e. The Labute approximate surface area is 166 Å². The monoisotopic (exact) mass is 373 g/mol. The summed E-state index contributed by atoms with van der Waals surface area (Å²) in [6.45, 7) is 6.33. The van der Waals surface area contributed by atoms with Crippen LogP contribution in [-0.2, 0) is 13.0 Å². The van der Waals surface area contributed by atoms with Crippen molar-refractivity contribution in [2.24, 2.45) is 0 Å². The van der Waals surface area contributed by atoms with E-state index in [0.717, 1.165) is 30.6 Å². The second kappa shape index (κ2) is 7.28. The zero-order valence-corrected chi connectivity index (χ0v) is 17.0. The van der Waals surface area contributed by atoms with Gasteiger partial charge in [-0.15, -0.1) is 0 Å². The number of rotatable bonds is 3. The molecule has 4 heteroatoms. The molecule has 0 spiro atoms. The lowest BCUT2D eigenvalue weighted by atomic mass is 10.0. The number of carbonyl (C=O) groups is 1. The molecular formula is C24H27N3O. The van der Waals surface area contributed by atoms with Crippen molar-refractivity contribution in [3.63, 3.8) is 0 Å². The molecule has 1 N–H and O–H groups in total. The number of amides is 1. The van der Waals surface area contributed by atoms with Gasteiger partial charge >= 0.3 is 0 Å². The first-order chi connectivity index (χ1) is 13.5. The van der Waals surface area contributed by atoms with Gasteiger partial charge in [-0.2, -0.15) is 0 Å². The van der Waals surface area contributed by atoms with Gasteiger partial charge in [0.05, 0.1) is 5.52 Å². The lowest BCUT2D eigenvalue weighted by Crippen LogP contribution is -2.26. The summed E-state index contributed by atoms with van der Waals surface area (Å²) in [5.41, 5.74) is 8.29. The number of nitrogens with zero attached hydrogens (tertiary/aromatic N) is 2. The third-order valence-electron chi connectivity index (χ3n) is 5.66. The van der Waals surface area contributed by atoms with Crippen LogP contribution in [0.3, 0.4) is 0 Å². The van der Waals surface area contributed by atoms with Gasteiger partial charge in [0.25, 0.3) is 5.91 Å². The predicted molar refractivity (Wildman–Crippen MR) is 116 cm³/mol. The number of likely N-dealkylation sites (N-methyl/N-ethyl adjacent to an activating group) is 1. The average molecular weight is 374 g/mol. The first kappa shape index (κ1) is 18.5. The molecule has 2 aromatic carbocycles. The molecule has 4 nitrogen and oxygen atoms in total. The van der Waals surface area contributed by atoms with Crippen molar-refractivity contribution in [2.45, 2.75) is 26.8 Å². The highest BCUT2D eigenvalue weighted by molar-refractivity contribution is 5.95. The van der Waals surface area contributed by atoms with E-state index in [1.54, 1.807) is 7.05 Å². The molecule has 4 rings (SSSR count). The number of allylic oxidation sites excluding steroid dienone is 1. The van der Waals surface area contributed by atoms with Gasteiger partial charge in [-0.3, -0.25) is 4.79 Å². The third-order valence-corrected chi connectivity index (χ3v) is 5.66. The average Bonchev–Trinajstić information content (AvgIpc) is 2.99. The number of nitrogens with one attached hydrogen (secondary N) is 1. The van der Waals surface area contributed by atoms with E-state index >= 15 is 0 Å². The van der Waals surface area contributed by atoms with Crippen LogP contribution >= 0.6 is 0 Å². The number of benzene rings is 2. The summed E-state index contributed by atoms with van der Waals surface area (Å²) in [7, 11) is 3.85. The van der Waals surface area contributed by atoms with E-state index in [1.165, 1.54) is 27.7 Å². The van der Waals surface area contributed by atoms with Crippen LogP contribution in [0.2, 0.25) is 0 Å². The molecule has 0 bridgehead atoms. The number of fused-ring (bicyclic) bond motifs is 3. The second-order valence-electron chi connectivity index (χ2n) is 7.78. The summed E-state index contributed by atoms with van der Waals surface area (Å²) in [5.74, 6) is -0.0584. The minimum Gasteiger partial charge on any atom is -0.355 e. The van der Waals surface area contributed by atoms with E-state index < -0.39 is 0 Å². The second-order valence-corrected chi connectivity index (χ2v) is 7.78. The maximum absolute atomic E-state index is 12.0. The van der Waals surface area contributed by atoms with E-state index in [4.69, 9.17) is 0 Å². The number of aromatic nitrogens is 1. The van der Waals surface area contributed by atoms with Gasteiger partial charge in [-0.1, -0.05) is 23.8 Å². The van der Waals surface area contributed by atoms with E-state index in [0.29, 0.717) is 5.56 Å². The highest BCUT2D eigenvalue weighted by atomic mass is 16.1. The van der Waals surface area contributed by atoms with Crippen LogP contribution < -0.4 is 5.32 Å². The van der Waals surface area contributed by atoms with Gasteiger partial charge in [0, 0.05) is 49.4 Å². The normalized spacial score (nSPS) is 14.9. The Morgan fingerprint density at radius 3 is 2.71 bits per heavy atom. The SMILES string of the molecule is CNC(=O)c1cccc(/C(C)=C\n2c3c(c4cc(C)ccc42)CN(C)CC3)c1. The van der Waals surface area contributed by atoms with E-state index in [9.17, 15) is 4.79 Å². The summed E-state index contributed by atoms with van der Waals surface area (Å²) in [4.78, 5) is 14.4. The Balaban J connectivity index is 1.85. The zero-order valence-electron chi connectivity index (χ0n) is 17.0. The largest absolute Gasteiger partial charge is 0.355 e. The van der Waals surface area contributed by atoms with E-state index in [1.807, 2.05) is 18.2 Å². The Kier molecular flexibility index (Phi) is 4.82. The van der Waals surface area contributed by atoms with Gasteiger partial charge in [0.1, 0.15) is 0 Å². The number of hydrogen-bond donors (Lipinski definition) is 1. The number of hydrogen-bond acceptors (Lipinski definition) is 2. The molecule has 0 radical (unpaired) electrons. The molecule has 3 aromatic rings. The minimum atomic E-state index is -0.0584. The first-order valence-electron chi connectivity index (χ1n) is 9.79. The van der Waals surface area contributed by atoms with Gasteiger partial charge in [-0.05, 0) is 61.9 Å². The Bertz CT molecular complexity index is 1090. The fourth-order valence-corrected chi connectivity index (χ4v) is 4.11. The fraction of sp³-hybridized carbons (Fsp3) is 0.292. The lowest BCUT2D eigenvalue weighted by Gasteiger charge is -2.23. The maximum atomic E-state index is 12.0. The summed E-state index contributed by atoms with van der Waals surface area (Å²) in [6.07, 6.45) is 3.27. The highest BCUT2D eigenvalue weighted by Gasteiger charge is 2.21. The van der Waals surface area contributed by atoms with Gasteiger partial charge < -0.3 is 14.8 Å². The predicted octanol–water partition coefficient (Wildman–Crippen LogP) is 4.32. The Morgan fingerprint density at radius 2 is 1.93 bits per heavy atom. The quantitative estimate of drug-likeness (QED) is 0.743. The van der Waals surface area contributed by atoms with Crippen LogP contribution in [0.15, 0.2) is 42.5 Å². The molecule has 1 aromatic heterocycles. The molecule has 1 aliphatic heterocycles. The summed E-state index contributed by atoms with van der Waals surface area (Å²) < 4.78 is 2.36. The molecule has 0 atom stereocenters. The van der Waals surface area contributed by atoms with Crippen LogP contribution in [0.4, 0.5) is 0 Å². The molecule has 1 aliphatic rings. The van der Waals surface area contributed by atoms with E-state index in [2.05, 4.69) is 66.1 Å². The van der Waals surface area contributed by atoms with Crippen molar-refractivity contribution in [1.29, 1.82) is 0 Å². The Hall–Kier alpha value is -2.85. The Morgan fingerprint density at radius 1 is 1.14 bits per heavy atom. The number of carbonyl (C=O) groups excluding carboxylic acids is 1. The van der Waals surface area contributed by atoms with Crippen molar-refractivity contribution < 1.29 is 4.79 Å². The van der Waals surface area contributed by atoms with Gasteiger partial charge in [0.15, 0.2) is 0 Å². The molecular weight excluding hydrogens is 346 g/mol. The highest BCUT2D eigenvalue weighted by Crippen LogP contribution is 2.32. The van der Waals surface area contributed by atoms with Crippen molar-refractivity contribution in [1.82, 2.24) is 14.8 Å². The van der Waals surface area contributed by atoms with Crippen LogP contribution in [0.25, 0.3) is 22.7 Å². The first-order valence-corrected chi connectivity index (χ1v) is 9.79. The standard InChI is InChI=1S/C24H27N3O/c1-16-8-9-22-20(12-16)21-15-26(4)11-10-23(21)27(22)14-17(2)18-6-5-7-19(13-18)24(28)25-3/h5-9,12-14H,10-11,15H2,1-4H3,(H,25,28)/b17-14-. The van der Waals surface area contributed by atoms with Crippen molar-refractivity contribution in [3.8, 4) is 0 Å². The smallest absolute Gasteiger partial charge is 0.251 e. The zero-order chi connectivity index (χ0) is 19.8. The molecule has 0 unspecified atom stereocenters. The fourth-order valence-electron chi connectivity index (χ4n) is 4.11. The van der Waals surface area contributed by atoms with Gasteiger partial charge in [0.2, 0.25) is 0 Å². The van der Waals surface area contributed by atoms with Crippen LogP contribution in [0, 0.1) is 6.92 Å². The van der Waals surface area contributed by atoms with E-state index in [-0.39, 0.29) is 5.91 Å². The molecule has 1 amide bonds. The summed E-state index contributed by atoms with van der Waals surface area (Å²) in [6, 6.07) is 14.5. The summed E-state index contributed by atoms with van der Waals surface area (Å²) >= 11 is 0. The molecule has 0 saturated heterocycles. The van der Waals surface area contributed by atoms with Crippen LogP contribution in [0.1, 0.15) is 39.7 Å². The van der Waals surface area contributed by atoms with Crippen molar-refractivity contribution in [2.75, 3.05) is 20.6 Å². The van der Waals surface area contributed by atoms with Crippen molar-refractivity contribution >= 4 is 28.6 Å². The van der Waals surface area contributed by atoms with Gasteiger partial charge in [-0.25, -0.2) is 0 Å². The lowest BCUT2D eigenvalue weighted by molar-refractivity contribution is 0.0963. The molecule has 144 valence electrons. The molecule has 28 heavy (non-hydrogen) atoms. The summed E-state index contributed by atoms with van der Waals surface area (Å²) in [5, 5.41) is 4.05. The molecule has 0 aliphatic carbocycles. The molecule has 2 heterocycles.